The van der Waals surface area contributed by atoms with Crippen LogP contribution >= 0.6 is 0 Å². The Kier molecular flexibility index (Phi) is 4.47. The molecule has 1 saturated heterocycles. The van der Waals surface area contributed by atoms with Crippen molar-refractivity contribution in [2.45, 2.75) is 45.2 Å². The molecule has 1 fully saturated rings. The first-order valence-corrected chi connectivity index (χ1v) is 8.56. The van der Waals surface area contributed by atoms with Crippen LogP contribution in [0.3, 0.4) is 0 Å². The van der Waals surface area contributed by atoms with Crippen molar-refractivity contribution in [1.82, 2.24) is 40.6 Å². The SMILES string of the molecule is Cc1ccc(-c2noc(-c3cn(CCC4CCCCN4)nn3)n2)nn1. The number of nitrogens with zero attached hydrogens (tertiary/aromatic N) is 7. The minimum Gasteiger partial charge on any atom is -0.332 e. The largest absolute Gasteiger partial charge is 0.332 e. The zero-order valence-electron chi connectivity index (χ0n) is 14.1. The third-order valence-electron chi connectivity index (χ3n) is 4.33. The number of piperidine rings is 1. The van der Waals surface area contributed by atoms with Crippen molar-refractivity contribution in [2.24, 2.45) is 0 Å². The van der Waals surface area contributed by atoms with E-state index in [4.69, 9.17) is 4.52 Å². The maximum Gasteiger partial charge on any atom is 0.280 e. The Hall–Kier alpha value is -2.68. The Morgan fingerprint density at radius 3 is 2.96 bits per heavy atom. The maximum atomic E-state index is 5.29. The van der Waals surface area contributed by atoms with Gasteiger partial charge in [0, 0.05) is 12.6 Å². The average molecular weight is 340 g/mol. The Morgan fingerprint density at radius 1 is 1.20 bits per heavy atom. The average Bonchev–Trinajstić information content (AvgIpc) is 3.31. The van der Waals surface area contributed by atoms with Gasteiger partial charge in [0.25, 0.3) is 5.89 Å². The van der Waals surface area contributed by atoms with Crippen LogP contribution in [0.1, 0.15) is 31.4 Å². The summed E-state index contributed by atoms with van der Waals surface area (Å²) in [6.07, 6.45) is 6.67. The van der Waals surface area contributed by atoms with Crippen molar-refractivity contribution < 1.29 is 4.52 Å². The molecular formula is C16H20N8O. The first kappa shape index (κ1) is 15.8. The highest BCUT2D eigenvalue weighted by molar-refractivity contribution is 5.52. The van der Waals surface area contributed by atoms with Gasteiger partial charge in [0.1, 0.15) is 5.69 Å². The second kappa shape index (κ2) is 7.06. The van der Waals surface area contributed by atoms with Crippen LogP contribution in [0.4, 0.5) is 0 Å². The summed E-state index contributed by atoms with van der Waals surface area (Å²) in [6.45, 7) is 3.80. The molecule has 0 spiro atoms. The second-order valence-corrected chi connectivity index (χ2v) is 6.29. The number of aryl methyl sites for hydroxylation is 2. The van der Waals surface area contributed by atoms with Gasteiger partial charge in [-0.05, 0) is 44.9 Å². The van der Waals surface area contributed by atoms with E-state index in [0.717, 1.165) is 25.2 Å². The van der Waals surface area contributed by atoms with Crippen molar-refractivity contribution in [2.75, 3.05) is 6.54 Å². The number of aromatic nitrogens is 7. The molecule has 9 nitrogen and oxygen atoms in total. The summed E-state index contributed by atoms with van der Waals surface area (Å²) < 4.78 is 7.11. The molecule has 0 bridgehead atoms. The standard InChI is InChI=1S/C16H20N8O/c1-11-5-6-13(20-19-11)15-18-16(25-22-15)14-10-24(23-21-14)9-7-12-4-2-3-8-17-12/h5-6,10,12,17H,2-4,7-9H2,1H3. The van der Waals surface area contributed by atoms with Gasteiger partial charge in [0.05, 0.1) is 11.9 Å². The first-order valence-electron chi connectivity index (χ1n) is 8.56. The molecule has 4 rings (SSSR count). The molecule has 1 aliphatic rings. The van der Waals surface area contributed by atoms with E-state index < -0.39 is 0 Å². The molecule has 0 aliphatic carbocycles. The van der Waals surface area contributed by atoms with Gasteiger partial charge in [-0.3, -0.25) is 4.68 Å². The van der Waals surface area contributed by atoms with Gasteiger partial charge >= 0.3 is 0 Å². The van der Waals surface area contributed by atoms with Crippen molar-refractivity contribution in [3.05, 3.63) is 24.0 Å². The lowest BCUT2D eigenvalue weighted by Gasteiger charge is -2.23. The van der Waals surface area contributed by atoms with Gasteiger partial charge in [-0.2, -0.15) is 10.1 Å². The lowest BCUT2D eigenvalue weighted by atomic mass is 10.0. The maximum absolute atomic E-state index is 5.29. The van der Waals surface area contributed by atoms with Crippen LogP contribution in [0.25, 0.3) is 23.1 Å². The van der Waals surface area contributed by atoms with E-state index in [9.17, 15) is 0 Å². The Balaban J connectivity index is 1.42. The molecule has 0 radical (unpaired) electrons. The molecule has 25 heavy (non-hydrogen) atoms. The van der Waals surface area contributed by atoms with E-state index in [1.165, 1.54) is 19.3 Å². The fourth-order valence-corrected chi connectivity index (χ4v) is 2.91. The fourth-order valence-electron chi connectivity index (χ4n) is 2.91. The van der Waals surface area contributed by atoms with Crippen molar-refractivity contribution >= 4 is 0 Å². The van der Waals surface area contributed by atoms with Gasteiger partial charge in [-0.15, -0.1) is 10.2 Å². The highest BCUT2D eigenvalue weighted by atomic mass is 16.5. The third kappa shape index (κ3) is 3.71. The minimum atomic E-state index is 0.333. The predicted molar refractivity (Wildman–Crippen MR) is 89.3 cm³/mol. The van der Waals surface area contributed by atoms with Gasteiger partial charge < -0.3 is 9.84 Å². The van der Waals surface area contributed by atoms with Crippen LogP contribution in [0.15, 0.2) is 22.9 Å². The molecule has 0 amide bonds. The highest BCUT2D eigenvalue weighted by Gasteiger charge is 2.16. The Morgan fingerprint density at radius 2 is 2.16 bits per heavy atom. The molecule has 1 aliphatic heterocycles. The van der Waals surface area contributed by atoms with Gasteiger partial charge in [-0.1, -0.05) is 16.8 Å². The predicted octanol–water partition coefficient (Wildman–Crippen LogP) is 1.63. The number of hydrogen-bond acceptors (Lipinski definition) is 8. The summed E-state index contributed by atoms with van der Waals surface area (Å²) >= 11 is 0. The second-order valence-electron chi connectivity index (χ2n) is 6.29. The van der Waals surface area contributed by atoms with Gasteiger partial charge in [0.15, 0.2) is 5.69 Å². The molecule has 1 unspecified atom stereocenters. The van der Waals surface area contributed by atoms with E-state index in [2.05, 4.69) is 36.0 Å². The van der Waals surface area contributed by atoms with Crippen LogP contribution in [0.5, 0.6) is 0 Å². The molecule has 130 valence electrons. The molecule has 0 saturated carbocycles. The summed E-state index contributed by atoms with van der Waals surface area (Å²) in [7, 11) is 0. The van der Waals surface area contributed by atoms with Crippen LogP contribution in [-0.4, -0.2) is 47.9 Å². The molecule has 3 aromatic heterocycles. The third-order valence-corrected chi connectivity index (χ3v) is 4.33. The topological polar surface area (TPSA) is 107 Å². The van der Waals surface area contributed by atoms with Gasteiger partial charge in [0.2, 0.25) is 5.82 Å². The van der Waals surface area contributed by atoms with Crippen LogP contribution < -0.4 is 5.32 Å². The molecular weight excluding hydrogens is 320 g/mol. The molecule has 3 aromatic rings. The lowest BCUT2D eigenvalue weighted by molar-refractivity contribution is 0.359. The fraction of sp³-hybridized carbons (Fsp3) is 0.500. The summed E-state index contributed by atoms with van der Waals surface area (Å²) in [5.41, 5.74) is 1.97. The number of rotatable bonds is 5. The summed E-state index contributed by atoms with van der Waals surface area (Å²) in [4.78, 5) is 4.34. The highest BCUT2D eigenvalue weighted by Crippen LogP contribution is 2.19. The van der Waals surface area contributed by atoms with Crippen molar-refractivity contribution in [3.63, 3.8) is 0 Å². The van der Waals surface area contributed by atoms with Crippen molar-refractivity contribution in [3.8, 4) is 23.1 Å². The Labute approximate surface area is 144 Å². The summed E-state index contributed by atoms with van der Waals surface area (Å²) in [5.74, 6) is 0.725. The molecule has 9 heteroatoms. The molecule has 0 aromatic carbocycles. The molecule has 1 N–H and O–H groups in total. The van der Waals surface area contributed by atoms with E-state index in [1.54, 1.807) is 0 Å². The van der Waals surface area contributed by atoms with E-state index >= 15 is 0 Å². The first-order chi connectivity index (χ1) is 12.3. The number of nitrogens with one attached hydrogen (secondary N) is 1. The lowest BCUT2D eigenvalue weighted by Crippen LogP contribution is -2.34. The summed E-state index contributed by atoms with van der Waals surface area (Å²) in [6, 6.07) is 4.23. The van der Waals surface area contributed by atoms with Crippen LogP contribution in [-0.2, 0) is 6.54 Å². The number of hydrogen-bond donors (Lipinski definition) is 1. The van der Waals surface area contributed by atoms with Crippen LogP contribution in [0.2, 0.25) is 0 Å². The molecule has 4 heterocycles. The van der Waals surface area contributed by atoms with E-state index in [-0.39, 0.29) is 0 Å². The monoisotopic (exact) mass is 340 g/mol. The molecule has 1 atom stereocenters. The van der Waals surface area contributed by atoms with Crippen LogP contribution in [0, 0.1) is 6.92 Å². The van der Waals surface area contributed by atoms with Crippen molar-refractivity contribution in [1.29, 1.82) is 0 Å². The van der Waals surface area contributed by atoms with E-state index in [1.807, 2.05) is 29.9 Å². The quantitative estimate of drug-likeness (QED) is 0.746. The summed E-state index contributed by atoms with van der Waals surface area (Å²) in [5, 5.41) is 23.8. The normalized spacial score (nSPS) is 17.7. The smallest absolute Gasteiger partial charge is 0.280 e. The Bertz CT molecular complexity index is 819. The zero-order valence-corrected chi connectivity index (χ0v) is 14.1. The zero-order chi connectivity index (χ0) is 17.1. The van der Waals surface area contributed by atoms with E-state index in [0.29, 0.717) is 29.1 Å². The minimum absolute atomic E-state index is 0.333. The van der Waals surface area contributed by atoms with Gasteiger partial charge in [-0.25, -0.2) is 0 Å².